The number of imidazole rings is 1. The van der Waals surface area contributed by atoms with Crippen molar-refractivity contribution in [1.29, 1.82) is 0 Å². The van der Waals surface area contributed by atoms with Crippen molar-refractivity contribution >= 4 is 17.1 Å². The largest absolute Gasteiger partial charge is 0.464 e. The molecule has 0 spiro atoms. The first kappa shape index (κ1) is 14.0. The van der Waals surface area contributed by atoms with Crippen molar-refractivity contribution in [1.82, 2.24) is 15.0 Å². The molecular formula is C12H18N5O4+. The molecule has 2 aromatic rings. The summed E-state index contributed by atoms with van der Waals surface area (Å²) in [5, 5.41) is 21.9. The summed E-state index contributed by atoms with van der Waals surface area (Å²) in [7, 11) is 3.29. The van der Waals surface area contributed by atoms with Gasteiger partial charge in [-0.1, -0.05) is 0 Å². The molecule has 1 fully saturated rings. The Morgan fingerprint density at radius 1 is 1.62 bits per heavy atom. The summed E-state index contributed by atoms with van der Waals surface area (Å²) in [6.07, 6.45) is 0.135. The number of hydrogen-bond donors (Lipinski definition) is 4. The molecule has 2 aromatic heterocycles. The molecule has 21 heavy (non-hydrogen) atoms. The molecule has 9 heteroatoms. The summed E-state index contributed by atoms with van der Waals surface area (Å²) in [5.74, 6) is 1.08. The molecule has 3 rings (SSSR count). The quantitative estimate of drug-likeness (QED) is 0.531. The second-order valence-electron chi connectivity index (χ2n) is 4.81. The SMILES string of the molecule is CNc1nc2nc[n+](C3C[C@H](O)[C@@H](CO)O3)c(OC)c2[nH]1. The molecule has 0 saturated carbocycles. The van der Waals surface area contributed by atoms with Crippen molar-refractivity contribution < 1.29 is 24.3 Å². The lowest BCUT2D eigenvalue weighted by molar-refractivity contribution is -0.763. The molecule has 0 aromatic carbocycles. The zero-order valence-corrected chi connectivity index (χ0v) is 11.8. The van der Waals surface area contributed by atoms with E-state index < -0.39 is 18.4 Å². The average molecular weight is 296 g/mol. The number of nitrogens with one attached hydrogen (secondary N) is 2. The van der Waals surface area contributed by atoms with Gasteiger partial charge < -0.3 is 30.0 Å². The number of methoxy groups -OCH3 is 1. The van der Waals surface area contributed by atoms with Crippen LogP contribution >= 0.6 is 0 Å². The second-order valence-corrected chi connectivity index (χ2v) is 4.81. The van der Waals surface area contributed by atoms with E-state index in [2.05, 4.69) is 20.3 Å². The summed E-state index contributed by atoms with van der Waals surface area (Å²) in [4.78, 5) is 11.6. The molecule has 9 nitrogen and oxygen atoms in total. The van der Waals surface area contributed by atoms with E-state index in [1.807, 2.05) is 0 Å². The Kier molecular flexibility index (Phi) is 3.62. The van der Waals surface area contributed by atoms with Gasteiger partial charge in [0, 0.05) is 13.5 Å². The van der Waals surface area contributed by atoms with Crippen LogP contribution < -0.4 is 14.6 Å². The summed E-state index contributed by atoms with van der Waals surface area (Å²) < 4.78 is 12.7. The highest BCUT2D eigenvalue weighted by molar-refractivity contribution is 5.76. The molecule has 4 N–H and O–H groups in total. The van der Waals surface area contributed by atoms with E-state index in [0.717, 1.165) is 0 Å². The fraction of sp³-hybridized carbons (Fsp3) is 0.583. The van der Waals surface area contributed by atoms with Crippen LogP contribution in [0.4, 0.5) is 5.95 Å². The lowest BCUT2D eigenvalue weighted by Crippen LogP contribution is -2.41. The Morgan fingerprint density at radius 3 is 3.05 bits per heavy atom. The molecule has 0 radical (unpaired) electrons. The molecule has 3 heterocycles. The van der Waals surface area contributed by atoms with E-state index in [0.29, 0.717) is 29.4 Å². The van der Waals surface area contributed by atoms with Crippen LogP contribution in [0, 0.1) is 0 Å². The van der Waals surface area contributed by atoms with E-state index in [1.54, 1.807) is 25.1 Å². The third-order valence-corrected chi connectivity index (χ3v) is 3.56. The summed E-state index contributed by atoms with van der Waals surface area (Å²) in [5.41, 5.74) is 1.15. The molecule has 1 saturated heterocycles. The predicted molar refractivity (Wildman–Crippen MR) is 71.8 cm³/mol. The van der Waals surface area contributed by atoms with Gasteiger partial charge in [0.05, 0.1) is 19.8 Å². The van der Waals surface area contributed by atoms with Crippen molar-refractivity contribution in [2.45, 2.75) is 24.9 Å². The number of aromatic nitrogens is 4. The van der Waals surface area contributed by atoms with E-state index in [4.69, 9.17) is 14.6 Å². The second kappa shape index (κ2) is 5.43. The zero-order chi connectivity index (χ0) is 15.0. The van der Waals surface area contributed by atoms with Crippen molar-refractivity contribution in [3.63, 3.8) is 0 Å². The van der Waals surface area contributed by atoms with Gasteiger partial charge >= 0.3 is 11.5 Å². The number of aliphatic hydroxyl groups excluding tert-OH is 2. The van der Waals surface area contributed by atoms with Crippen LogP contribution in [0.2, 0.25) is 0 Å². The minimum atomic E-state index is -0.720. The van der Waals surface area contributed by atoms with Gasteiger partial charge in [-0.15, -0.1) is 0 Å². The molecule has 1 unspecified atom stereocenters. The van der Waals surface area contributed by atoms with Crippen molar-refractivity contribution in [2.24, 2.45) is 0 Å². The maximum absolute atomic E-state index is 9.85. The van der Waals surface area contributed by atoms with Crippen LogP contribution in [0.5, 0.6) is 5.88 Å². The Balaban J connectivity index is 2.02. The number of anilines is 1. The first-order valence-corrected chi connectivity index (χ1v) is 6.64. The molecule has 3 atom stereocenters. The summed E-state index contributed by atoms with van der Waals surface area (Å²) in [6.45, 7) is -0.232. The monoisotopic (exact) mass is 296 g/mol. The Labute approximate surface area is 120 Å². The first-order chi connectivity index (χ1) is 10.2. The number of ether oxygens (including phenoxy) is 2. The van der Waals surface area contributed by atoms with Crippen molar-refractivity contribution in [3.8, 4) is 5.88 Å². The van der Waals surface area contributed by atoms with E-state index in [9.17, 15) is 5.11 Å². The number of aromatic amines is 1. The first-order valence-electron chi connectivity index (χ1n) is 6.64. The summed E-state index contributed by atoms with van der Waals surface area (Å²) in [6, 6.07) is 0. The van der Waals surface area contributed by atoms with Gasteiger partial charge in [0.1, 0.15) is 6.10 Å². The average Bonchev–Trinajstić information content (AvgIpc) is 3.08. The minimum absolute atomic E-state index is 0.232. The Morgan fingerprint density at radius 2 is 2.43 bits per heavy atom. The highest BCUT2D eigenvalue weighted by atomic mass is 16.5. The Hall–Kier alpha value is -1.97. The van der Waals surface area contributed by atoms with E-state index >= 15 is 0 Å². The van der Waals surface area contributed by atoms with Crippen molar-refractivity contribution in [3.05, 3.63) is 6.33 Å². The topological polar surface area (TPSA) is 116 Å². The van der Waals surface area contributed by atoms with Gasteiger partial charge in [0.15, 0.2) is 5.52 Å². The fourth-order valence-electron chi connectivity index (χ4n) is 2.49. The van der Waals surface area contributed by atoms with Crippen LogP contribution in [0.3, 0.4) is 0 Å². The van der Waals surface area contributed by atoms with Gasteiger partial charge in [0.25, 0.3) is 6.33 Å². The standard InChI is InChI=1S/C12H17N5O4/c1-13-12-15-9-10(16-12)14-5-17(11(9)20-2)8-3-6(19)7(4-18)21-8/h5-8,18-19H,3-4H2,1-2H3,(H,13,15)/p+1/t6-,7+,8?/m0/s1. The number of rotatable bonds is 4. The number of nitrogens with zero attached hydrogens (tertiary/aromatic N) is 3. The van der Waals surface area contributed by atoms with Crippen molar-refractivity contribution in [2.75, 3.05) is 26.1 Å². The van der Waals surface area contributed by atoms with Crippen LogP contribution in [0.25, 0.3) is 11.2 Å². The molecule has 1 aliphatic rings. The molecule has 114 valence electrons. The highest BCUT2D eigenvalue weighted by Gasteiger charge is 2.39. The normalized spacial score (nSPS) is 25.4. The van der Waals surface area contributed by atoms with Gasteiger partial charge in [-0.05, 0) is 4.98 Å². The van der Waals surface area contributed by atoms with Crippen LogP contribution in [-0.2, 0) is 4.74 Å². The lowest BCUT2D eigenvalue weighted by Gasteiger charge is -2.12. The minimum Gasteiger partial charge on any atom is -0.464 e. The summed E-state index contributed by atoms with van der Waals surface area (Å²) >= 11 is 0. The molecule has 0 aliphatic carbocycles. The third-order valence-electron chi connectivity index (χ3n) is 3.56. The maximum Gasteiger partial charge on any atom is 0.316 e. The maximum atomic E-state index is 9.85. The smallest absolute Gasteiger partial charge is 0.316 e. The molecule has 1 aliphatic heterocycles. The third kappa shape index (κ3) is 2.28. The molecule has 0 bridgehead atoms. The van der Waals surface area contributed by atoms with Gasteiger partial charge in [-0.25, -0.2) is 0 Å². The number of aliphatic hydroxyl groups is 2. The number of H-pyrrole nitrogens is 1. The van der Waals surface area contributed by atoms with Crippen LogP contribution in [-0.4, -0.2) is 58.1 Å². The van der Waals surface area contributed by atoms with Gasteiger partial charge in [-0.2, -0.15) is 9.55 Å². The van der Waals surface area contributed by atoms with Gasteiger partial charge in [0.2, 0.25) is 12.2 Å². The van der Waals surface area contributed by atoms with E-state index in [1.165, 1.54) is 0 Å². The fourth-order valence-corrected chi connectivity index (χ4v) is 2.49. The van der Waals surface area contributed by atoms with Gasteiger partial charge in [-0.3, -0.25) is 0 Å². The molecule has 0 amide bonds. The van der Waals surface area contributed by atoms with Crippen LogP contribution in [0.15, 0.2) is 6.33 Å². The lowest BCUT2D eigenvalue weighted by atomic mass is 10.2. The van der Waals surface area contributed by atoms with E-state index in [-0.39, 0.29) is 6.61 Å². The number of hydrogen-bond acceptors (Lipinski definition) is 7. The highest BCUT2D eigenvalue weighted by Crippen LogP contribution is 2.28. The zero-order valence-electron chi connectivity index (χ0n) is 11.8. The number of fused-ring (bicyclic) bond motifs is 1. The molecular weight excluding hydrogens is 278 g/mol. The predicted octanol–water partition coefficient (Wildman–Crippen LogP) is -1.06. The van der Waals surface area contributed by atoms with Crippen LogP contribution in [0.1, 0.15) is 12.6 Å². The Bertz CT molecular complexity index is 646.